The maximum absolute atomic E-state index is 12.2. The van der Waals surface area contributed by atoms with Crippen LogP contribution in [0.1, 0.15) is 24.4 Å². The van der Waals surface area contributed by atoms with Crippen molar-refractivity contribution in [3.63, 3.8) is 0 Å². The lowest BCUT2D eigenvalue weighted by molar-refractivity contribution is 0.0587. The second kappa shape index (κ2) is 6.43. The van der Waals surface area contributed by atoms with Crippen molar-refractivity contribution in [2.24, 2.45) is 14.0 Å². The molecule has 130 valence electrons. The highest BCUT2D eigenvalue weighted by Crippen LogP contribution is 2.32. The third kappa shape index (κ3) is 2.86. The van der Waals surface area contributed by atoms with Crippen molar-refractivity contribution in [2.45, 2.75) is 6.85 Å². The van der Waals surface area contributed by atoms with E-state index in [0.29, 0.717) is 10.2 Å². The first-order valence-corrected chi connectivity index (χ1v) is 7.89. The highest BCUT2D eigenvalue weighted by atomic mass is 127. The maximum Gasteiger partial charge on any atom is 0.357 e. The van der Waals surface area contributed by atoms with E-state index < -0.39 is 19.8 Å². The van der Waals surface area contributed by atoms with E-state index in [-0.39, 0.29) is 37.7 Å². The molecule has 0 amide bonds. The van der Waals surface area contributed by atoms with Crippen LogP contribution in [0.25, 0.3) is 22.6 Å². The number of nitrogen functional groups attached to an aromatic ring is 1. The Balaban J connectivity index is 2.18. The summed E-state index contributed by atoms with van der Waals surface area (Å²) < 4.78 is 52.6. The van der Waals surface area contributed by atoms with E-state index in [1.165, 1.54) is 24.0 Å². The summed E-state index contributed by atoms with van der Waals surface area (Å²) in [6, 6.07) is 1.46. The number of hydrogen-bond acceptors (Lipinski definition) is 7. The van der Waals surface area contributed by atoms with Crippen molar-refractivity contribution in [3.05, 3.63) is 27.2 Å². The number of pyridine rings is 1. The Morgan fingerprint density at radius 2 is 2.20 bits per heavy atom. The van der Waals surface area contributed by atoms with Crippen LogP contribution in [0.2, 0.25) is 0 Å². The number of esters is 1. The fraction of sp³-hybridized carbons (Fsp3) is 0.267. The molecule has 2 N–H and O–H groups in total. The second-order valence-corrected chi connectivity index (χ2v) is 6.07. The van der Waals surface area contributed by atoms with Gasteiger partial charge in [0.15, 0.2) is 5.69 Å². The van der Waals surface area contributed by atoms with Crippen LogP contribution in [-0.2, 0) is 18.8 Å². The molecule has 0 fully saturated rings. The number of methoxy groups -OCH3 is 1. The molecule has 0 aromatic carbocycles. The summed E-state index contributed by atoms with van der Waals surface area (Å²) in [4.78, 5) is 16.4. The first-order valence-electron chi connectivity index (χ1n) is 9.81. The predicted molar refractivity (Wildman–Crippen MR) is 99.6 cm³/mol. The highest BCUT2D eigenvalue weighted by molar-refractivity contribution is 14.1. The Morgan fingerprint density at radius 3 is 2.84 bits per heavy atom. The van der Waals surface area contributed by atoms with Crippen LogP contribution < -0.4 is 5.73 Å². The van der Waals surface area contributed by atoms with Gasteiger partial charge in [-0.15, -0.1) is 5.10 Å². The summed E-state index contributed by atoms with van der Waals surface area (Å²) in [6.07, 6.45) is 1.35. The van der Waals surface area contributed by atoms with Gasteiger partial charge in [0.2, 0.25) is 0 Å². The van der Waals surface area contributed by atoms with Crippen LogP contribution in [0.5, 0.6) is 0 Å². The third-order valence-electron chi connectivity index (χ3n) is 3.45. The number of hydrogen-bond donors (Lipinski definition) is 1. The van der Waals surface area contributed by atoms with Gasteiger partial charge < -0.3 is 10.5 Å². The number of halogens is 1. The molecule has 0 aliphatic rings. The molecule has 0 aliphatic carbocycles. The van der Waals surface area contributed by atoms with E-state index >= 15 is 0 Å². The first kappa shape index (κ1) is 11.2. The highest BCUT2D eigenvalue weighted by Gasteiger charge is 2.24. The molecule has 0 unspecified atom stereocenters. The SMILES string of the molecule is [2H]C([2H])([2H])c1nnn(C)c1-c1cnc(-c2nn(C([2H])([2H])[2H])c(C(=O)OC)c2I)c(N)c1. The van der Waals surface area contributed by atoms with Crippen LogP contribution in [0.4, 0.5) is 5.69 Å². The average Bonchev–Trinajstić information content (AvgIpc) is 3.21. The predicted octanol–water partition coefficient (Wildman–Crippen LogP) is 1.56. The summed E-state index contributed by atoms with van der Waals surface area (Å²) >= 11 is 1.77. The number of nitrogens with zero attached hydrogens (tertiary/aromatic N) is 6. The Bertz CT molecular complexity index is 1170. The molecule has 0 spiro atoms. The second-order valence-electron chi connectivity index (χ2n) is 4.99. The Kier molecular flexibility index (Phi) is 2.87. The summed E-state index contributed by atoms with van der Waals surface area (Å²) in [5.41, 5.74) is 6.51. The van der Waals surface area contributed by atoms with Crippen LogP contribution in [0.3, 0.4) is 0 Å². The number of carbonyl (C=O) groups excluding carboxylic acids is 1. The minimum absolute atomic E-state index is 0.0698. The van der Waals surface area contributed by atoms with Crippen molar-refractivity contribution in [2.75, 3.05) is 12.8 Å². The fourth-order valence-electron chi connectivity index (χ4n) is 2.31. The smallest absolute Gasteiger partial charge is 0.357 e. The Hall–Kier alpha value is -2.50. The minimum atomic E-state index is -2.74. The van der Waals surface area contributed by atoms with E-state index in [2.05, 4.69) is 25.1 Å². The monoisotopic (exact) mass is 459 g/mol. The number of aromatic nitrogens is 6. The minimum Gasteiger partial charge on any atom is -0.464 e. The van der Waals surface area contributed by atoms with Gasteiger partial charge in [0, 0.05) is 34.0 Å². The maximum atomic E-state index is 12.2. The third-order valence-corrected chi connectivity index (χ3v) is 4.47. The van der Waals surface area contributed by atoms with Crippen LogP contribution >= 0.6 is 22.6 Å². The van der Waals surface area contributed by atoms with Crippen LogP contribution in [0.15, 0.2) is 12.3 Å². The van der Waals surface area contributed by atoms with Crippen molar-refractivity contribution in [1.29, 1.82) is 0 Å². The van der Waals surface area contributed by atoms with Gasteiger partial charge in [-0.2, -0.15) is 5.10 Å². The molecule has 0 atom stereocenters. The Labute approximate surface area is 165 Å². The average molecular weight is 459 g/mol. The van der Waals surface area contributed by atoms with E-state index in [4.69, 9.17) is 14.0 Å². The lowest BCUT2D eigenvalue weighted by Gasteiger charge is -2.07. The van der Waals surface area contributed by atoms with Gasteiger partial charge in [0.05, 0.1) is 27.8 Å². The molecule has 3 aromatic rings. The molecular weight excluding hydrogens is 437 g/mol. The first-order chi connectivity index (χ1) is 14.3. The van der Waals surface area contributed by atoms with Crippen molar-refractivity contribution in [3.8, 4) is 22.6 Å². The zero-order chi connectivity index (χ0) is 23.3. The summed E-state index contributed by atoms with van der Waals surface area (Å²) in [5, 5.41) is 11.5. The van der Waals surface area contributed by atoms with Crippen molar-refractivity contribution in [1.82, 2.24) is 29.8 Å². The summed E-state index contributed by atoms with van der Waals surface area (Å²) in [5.74, 6) is -0.877. The number of ether oxygens (including phenoxy) is 1. The standard InChI is InChI=1S/C15H16IN7O2/c1-7-13(23(3)21-19-7)8-5-9(17)11(18-6-8)12-10(16)14(15(24)25-4)22(2)20-12/h5-6H,17H2,1-4H3/i1D3,2D3. The number of carbonyl (C=O) groups is 1. The van der Waals surface area contributed by atoms with Gasteiger partial charge in [-0.05, 0) is 35.5 Å². The molecule has 3 aromatic heterocycles. The van der Waals surface area contributed by atoms with Crippen LogP contribution in [0, 0.1) is 10.4 Å². The molecule has 3 rings (SSSR count). The Morgan fingerprint density at radius 1 is 1.40 bits per heavy atom. The summed E-state index contributed by atoms with van der Waals surface area (Å²) in [6.45, 7) is -5.24. The lowest BCUT2D eigenvalue weighted by atomic mass is 10.1. The molecule has 0 saturated carbocycles. The molecule has 9 nitrogen and oxygen atoms in total. The molecule has 25 heavy (non-hydrogen) atoms. The fourth-order valence-corrected chi connectivity index (χ4v) is 3.12. The van der Waals surface area contributed by atoms with E-state index in [9.17, 15) is 4.79 Å². The number of rotatable bonds is 3. The van der Waals surface area contributed by atoms with Gasteiger partial charge in [-0.1, -0.05) is 5.21 Å². The van der Waals surface area contributed by atoms with Crippen molar-refractivity contribution >= 4 is 34.2 Å². The molecular formula is C15H16IN7O2. The lowest BCUT2D eigenvalue weighted by Crippen LogP contribution is -2.09. The number of anilines is 1. The van der Waals surface area contributed by atoms with Crippen LogP contribution in [-0.4, -0.2) is 42.8 Å². The zero-order valence-electron chi connectivity index (χ0n) is 19.1. The van der Waals surface area contributed by atoms with Gasteiger partial charge in [-0.25, -0.2) is 9.48 Å². The topological polar surface area (TPSA) is 114 Å². The molecule has 3 heterocycles. The molecule has 10 heteroatoms. The largest absolute Gasteiger partial charge is 0.464 e. The van der Waals surface area contributed by atoms with Gasteiger partial charge >= 0.3 is 5.97 Å². The van der Waals surface area contributed by atoms with Gasteiger partial charge in [-0.3, -0.25) is 9.67 Å². The molecule has 0 saturated heterocycles. The molecule has 0 radical (unpaired) electrons. The number of nitrogens with two attached hydrogens (primary N) is 1. The number of aryl methyl sites for hydroxylation is 3. The summed E-state index contributed by atoms with van der Waals surface area (Å²) in [7, 11) is 2.66. The van der Waals surface area contributed by atoms with Gasteiger partial charge in [0.25, 0.3) is 0 Å². The zero-order valence-corrected chi connectivity index (χ0v) is 15.3. The van der Waals surface area contributed by atoms with E-state index in [0.717, 1.165) is 7.11 Å². The quantitative estimate of drug-likeness (QED) is 0.467. The van der Waals surface area contributed by atoms with Crippen molar-refractivity contribution < 1.29 is 17.8 Å². The van der Waals surface area contributed by atoms with Gasteiger partial charge in [0.1, 0.15) is 11.4 Å². The van der Waals surface area contributed by atoms with E-state index in [1.807, 2.05) is 0 Å². The molecule has 0 bridgehead atoms. The normalized spacial score (nSPS) is 15.5. The van der Waals surface area contributed by atoms with E-state index in [1.54, 1.807) is 22.6 Å². The molecule has 0 aliphatic heterocycles.